The minimum absolute atomic E-state index is 0.132. The van der Waals surface area contributed by atoms with Crippen molar-refractivity contribution >= 4 is 17.6 Å². The van der Waals surface area contributed by atoms with Gasteiger partial charge in [-0.05, 0) is 32.4 Å². The molecule has 2 heterocycles. The Morgan fingerprint density at radius 3 is 2.59 bits per heavy atom. The van der Waals surface area contributed by atoms with E-state index in [2.05, 4.69) is 0 Å². The van der Waals surface area contributed by atoms with Crippen LogP contribution in [-0.2, 0) is 9.53 Å². The average Bonchev–Trinajstić information content (AvgIpc) is 2.96. The van der Waals surface area contributed by atoms with Gasteiger partial charge >= 0.3 is 5.97 Å². The number of nitro benzene ring substituents is 1. The van der Waals surface area contributed by atoms with Crippen LogP contribution in [0.2, 0.25) is 0 Å². The standard InChI is InChI=1S/C18H21N3O6/c1-3-27-18(24)15-9-11(2)8-14-10-16(22)20(19(14)15)17(23)12-4-6-13(7-5-12)21(25)26/h4-8,14-16,22H,3,9-10H2,1-2H3/t14-,15-,16+/m0/s1. The molecule has 0 bridgehead atoms. The van der Waals surface area contributed by atoms with E-state index in [4.69, 9.17) is 4.74 Å². The molecule has 0 aliphatic carbocycles. The molecule has 1 aromatic carbocycles. The molecule has 1 N–H and O–H groups in total. The molecule has 1 saturated heterocycles. The third-order valence-electron chi connectivity index (χ3n) is 4.73. The van der Waals surface area contributed by atoms with Crippen molar-refractivity contribution in [2.24, 2.45) is 0 Å². The quantitative estimate of drug-likeness (QED) is 0.368. The van der Waals surface area contributed by atoms with Gasteiger partial charge in [-0.1, -0.05) is 11.6 Å². The number of non-ortho nitro benzene ring substituents is 1. The Balaban J connectivity index is 1.92. The Labute approximate surface area is 155 Å². The second-order valence-electron chi connectivity index (χ2n) is 6.60. The van der Waals surface area contributed by atoms with E-state index < -0.39 is 29.1 Å². The zero-order chi connectivity index (χ0) is 19.7. The summed E-state index contributed by atoms with van der Waals surface area (Å²) in [6, 6.07) is 4.13. The first-order valence-corrected chi connectivity index (χ1v) is 8.71. The van der Waals surface area contributed by atoms with Gasteiger partial charge in [0.05, 0.1) is 17.6 Å². The Bertz CT molecular complexity index is 791. The maximum absolute atomic E-state index is 13.0. The van der Waals surface area contributed by atoms with E-state index in [1.807, 2.05) is 13.0 Å². The van der Waals surface area contributed by atoms with Gasteiger partial charge in [-0.25, -0.2) is 5.01 Å². The normalized spacial score (nSPS) is 24.9. The summed E-state index contributed by atoms with van der Waals surface area (Å²) in [6.45, 7) is 3.83. The minimum atomic E-state index is -1.10. The SMILES string of the molecule is CCOC(=O)[C@@H]1CC(C)=C[C@H]2C[C@@H](O)N(C(=O)c3ccc([N+](=O)[O-])cc3)N21. The van der Waals surface area contributed by atoms with Crippen LogP contribution in [0.1, 0.15) is 37.0 Å². The van der Waals surface area contributed by atoms with Crippen molar-refractivity contribution in [2.45, 2.75) is 45.0 Å². The van der Waals surface area contributed by atoms with E-state index in [1.54, 1.807) is 11.9 Å². The molecule has 2 aliphatic rings. The van der Waals surface area contributed by atoms with Gasteiger partial charge in [-0.15, -0.1) is 0 Å². The molecule has 1 amide bonds. The van der Waals surface area contributed by atoms with Gasteiger partial charge in [-0.3, -0.25) is 19.7 Å². The third-order valence-corrected chi connectivity index (χ3v) is 4.73. The fraction of sp³-hybridized carbons (Fsp3) is 0.444. The fourth-order valence-corrected chi connectivity index (χ4v) is 3.59. The van der Waals surface area contributed by atoms with E-state index in [0.717, 1.165) is 10.6 Å². The van der Waals surface area contributed by atoms with Crippen LogP contribution in [0, 0.1) is 10.1 Å². The molecule has 2 aliphatic heterocycles. The Hall–Kier alpha value is -2.78. The molecule has 0 spiro atoms. The van der Waals surface area contributed by atoms with Crippen LogP contribution in [0.4, 0.5) is 5.69 Å². The molecular weight excluding hydrogens is 354 g/mol. The number of aliphatic hydroxyl groups excluding tert-OH is 1. The van der Waals surface area contributed by atoms with Gasteiger partial charge in [0.1, 0.15) is 12.3 Å². The number of carbonyl (C=O) groups is 2. The van der Waals surface area contributed by atoms with Gasteiger partial charge < -0.3 is 9.84 Å². The minimum Gasteiger partial charge on any atom is -0.465 e. The summed E-state index contributed by atoms with van der Waals surface area (Å²) in [6.07, 6.45) is 1.50. The van der Waals surface area contributed by atoms with Crippen molar-refractivity contribution in [3.8, 4) is 0 Å². The summed E-state index contributed by atoms with van der Waals surface area (Å²) >= 11 is 0. The monoisotopic (exact) mass is 375 g/mol. The van der Waals surface area contributed by atoms with E-state index in [-0.39, 0.29) is 30.3 Å². The Morgan fingerprint density at radius 1 is 1.33 bits per heavy atom. The van der Waals surface area contributed by atoms with Crippen molar-refractivity contribution in [1.29, 1.82) is 0 Å². The maximum atomic E-state index is 13.0. The first-order valence-electron chi connectivity index (χ1n) is 8.71. The molecule has 0 unspecified atom stereocenters. The van der Waals surface area contributed by atoms with Gasteiger partial charge in [0.2, 0.25) is 0 Å². The molecule has 3 atom stereocenters. The number of nitrogens with zero attached hydrogens (tertiary/aromatic N) is 3. The molecule has 0 radical (unpaired) electrons. The Kier molecular flexibility index (Phi) is 5.24. The van der Waals surface area contributed by atoms with E-state index in [1.165, 1.54) is 24.3 Å². The molecule has 0 saturated carbocycles. The number of hydrazine groups is 1. The molecule has 0 aromatic heterocycles. The third kappa shape index (κ3) is 3.56. The lowest BCUT2D eigenvalue weighted by atomic mass is 9.97. The molecule has 27 heavy (non-hydrogen) atoms. The molecule has 1 aromatic rings. The topological polar surface area (TPSA) is 113 Å². The van der Waals surface area contributed by atoms with Crippen LogP contribution < -0.4 is 0 Å². The second kappa shape index (κ2) is 7.45. The average molecular weight is 375 g/mol. The molecular formula is C18H21N3O6. The highest BCUT2D eigenvalue weighted by atomic mass is 16.6. The van der Waals surface area contributed by atoms with Crippen LogP contribution in [0.25, 0.3) is 0 Å². The number of fused-ring (bicyclic) bond motifs is 1. The first kappa shape index (κ1) is 19.0. The number of esters is 1. The molecule has 9 heteroatoms. The molecule has 1 fully saturated rings. The number of benzene rings is 1. The van der Waals surface area contributed by atoms with Crippen molar-refractivity contribution in [1.82, 2.24) is 10.0 Å². The van der Waals surface area contributed by atoms with Crippen molar-refractivity contribution in [2.75, 3.05) is 6.61 Å². The first-order chi connectivity index (χ1) is 12.8. The highest BCUT2D eigenvalue weighted by Gasteiger charge is 2.48. The van der Waals surface area contributed by atoms with Gasteiger partial charge in [-0.2, -0.15) is 5.01 Å². The van der Waals surface area contributed by atoms with Crippen LogP contribution >= 0.6 is 0 Å². The summed E-state index contributed by atoms with van der Waals surface area (Å²) in [7, 11) is 0. The zero-order valence-corrected chi connectivity index (χ0v) is 15.1. The summed E-state index contributed by atoms with van der Waals surface area (Å²) in [5.74, 6) is -0.979. The largest absolute Gasteiger partial charge is 0.465 e. The van der Waals surface area contributed by atoms with E-state index >= 15 is 0 Å². The van der Waals surface area contributed by atoms with Gasteiger partial charge in [0.25, 0.3) is 11.6 Å². The number of amides is 1. The van der Waals surface area contributed by atoms with Crippen LogP contribution in [-0.4, -0.2) is 56.8 Å². The molecule has 9 nitrogen and oxygen atoms in total. The number of carbonyl (C=O) groups excluding carboxylic acids is 2. The number of rotatable bonds is 4. The maximum Gasteiger partial charge on any atom is 0.325 e. The van der Waals surface area contributed by atoms with Crippen LogP contribution in [0.3, 0.4) is 0 Å². The highest BCUT2D eigenvalue weighted by Crippen LogP contribution is 2.35. The van der Waals surface area contributed by atoms with Crippen molar-refractivity contribution in [3.05, 3.63) is 51.6 Å². The smallest absolute Gasteiger partial charge is 0.325 e. The van der Waals surface area contributed by atoms with Gasteiger partial charge in [0, 0.05) is 24.1 Å². The molecule has 3 rings (SSSR count). The summed E-state index contributed by atoms with van der Waals surface area (Å²) in [5.41, 5.74) is 1.05. The second-order valence-corrected chi connectivity index (χ2v) is 6.60. The predicted octanol–water partition coefficient (Wildman–Crippen LogP) is 1.63. The zero-order valence-electron chi connectivity index (χ0n) is 15.1. The van der Waals surface area contributed by atoms with Crippen LogP contribution in [0.5, 0.6) is 0 Å². The van der Waals surface area contributed by atoms with Crippen LogP contribution in [0.15, 0.2) is 35.9 Å². The number of ether oxygens (including phenoxy) is 1. The highest BCUT2D eigenvalue weighted by molar-refractivity contribution is 5.94. The summed E-state index contributed by atoms with van der Waals surface area (Å²) in [4.78, 5) is 35.7. The lowest BCUT2D eigenvalue weighted by molar-refractivity contribution is -0.384. The Morgan fingerprint density at radius 2 is 2.00 bits per heavy atom. The lowest BCUT2D eigenvalue weighted by Crippen LogP contribution is -2.56. The fourth-order valence-electron chi connectivity index (χ4n) is 3.59. The lowest BCUT2D eigenvalue weighted by Gasteiger charge is -2.39. The van der Waals surface area contributed by atoms with Crippen molar-refractivity contribution < 1.29 is 24.4 Å². The number of nitro groups is 1. The molecule has 144 valence electrons. The number of hydrogen-bond acceptors (Lipinski definition) is 7. The number of aliphatic hydroxyl groups is 1. The summed E-state index contributed by atoms with van der Waals surface area (Å²) in [5, 5.41) is 24.0. The van der Waals surface area contributed by atoms with Gasteiger partial charge in [0.15, 0.2) is 0 Å². The number of hydrogen-bond donors (Lipinski definition) is 1. The van der Waals surface area contributed by atoms with Crippen molar-refractivity contribution in [3.63, 3.8) is 0 Å². The predicted molar refractivity (Wildman–Crippen MR) is 94.3 cm³/mol. The van der Waals surface area contributed by atoms with E-state index in [0.29, 0.717) is 6.42 Å². The summed E-state index contributed by atoms with van der Waals surface area (Å²) < 4.78 is 5.15. The van der Waals surface area contributed by atoms with E-state index in [9.17, 15) is 24.8 Å².